The fourth-order valence-corrected chi connectivity index (χ4v) is 3.11. The van der Waals surface area contributed by atoms with Gasteiger partial charge in [0.15, 0.2) is 0 Å². The molecule has 0 aliphatic rings. The molecule has 1 aromatic heterocycles. The van der Waals surface area contributed by atoms with Crippen LogP contribution in [0.25, 0.3) is 17.5 Å². The Morgan fingerprint density at radius 1 is 1.03 bits per heavy atom. The first-order chi connectivity index (χ1) is 14.0. The van der Waals surface area contributed by atoms with Gasteiger partial charge in [-0.3, -0.25) is 0 Å². The topological polar surface area (TPSA) is 107 Å². The Hall–Kier alpha value is -3.46. The van der Waals surface area contributed by atoms with Crippen LogP contribution in [0.2, 0.25) is 0 Å². The molecule has 0 fully saturated rings. The van der Waals surface area contributed by atoms with Crippen molar-refractivity contribution in [3.05, 3.63) is 52.9 Å². The van der Waals surface area contributed by atoms with E-state index in [2.05, 4.69) is 10.2 Å². The largest absolute Gasteiger partial charge is 0.544 e. The number of hydrogen-bond donors (Lipinski definition) is 0. The molecule has 1 heterocycles. The number of hydrogen-bond acceptors (Lipinski definition) is 9. The zero-order chi connectivity index (χ0) is 20.8. The Kier molecular flexibility index (Phi) is 6.40. The molecule has 150 valence electrons. The van der Waals surface area contributed by atoms with Gasteiger partial charge in [0.05, 0.1) is 27.3 Å². The lowest BCUT2D eigenvalue weighted by molar-refractivity contribution is -0.298. The van der Waals surface area contributed by atoms with Crippen LogP contribution in [-0.2, 0) is 4.79 Å². The van der Waals surface area contributed by atoms with Gasteiger partial charge in [0.2, 0.25) is 5.89 Å². The van der Waals surface area contributed by atoms with Gasteiger partial charge < -0.3 is 28.5 Å². The number of ether oxygens (including phenoxy) is 3. The van der Waals surface area contributed by atoms with E-state index in [9.17, 15) is 9.90 Å². The fourth-order valence-electron chi connectivity index (χ4n) is 2.45. The van der Waals surface area contributed by atoms with E-state index in [0.29, 0.717) is 28.4 Å². The molecule has 0 N–H and O–H groups in total. The summed E-state index contributed by atoms with van der Waals surface area (Å²) in [5.41, 5.74) is 1.16. The lowest BCUT2D eigenvalue weighted by Gasteiger charge is -2.08. The van der Waals surface area contributed by atoms with Gasteiger partial charge in [-0.05, 0) is 36.0 Å². The van der Waals surface area contributed by atoms with E-state index in [1.165, 1.54) is 27.4 Å². The summed E-state index contributed by atoms with van der Waals surface area (Å²) in [5, 5.41) is 19.5. The summed E-state index contributed by atoms with van der Waals surface area (Å²) in [7, 11) is 4.57. The van der Waals surface area contributed by atoms with Crippen molar-refractivity contribution in [3.63, 3.8) is 0 Å². The predicted molar refractivity (Wildman–Crippen MR) is 105 cm³/mol. The minimum atomic E-state index is -1.37. The number of methoxy groups -OCH3 is 3. The number of nitrogens with zero attached hydrogens (tertiary/aromatic N) is 2. The molecule has 3 rings (SSSR count). The first kappa shape index (κ1) is 20.3. The van der Waals surface area contributed by atoms with Crippen molar-refractivity contribution >= 4 is 23.8 Å². The molecular formula is C20H17N2O6S-. The van der Waals surface area contributed by atoms with Crippen molar-refractivity contribution < 1.29 is 28.5 Å². The van der Waals surface area contributed by atoms with Crippen molar-refractivity contribution in [2.75, 3.05) is 21.3 Å². The SMILES string of the molecule is COc1cc(OC)cc(-c2nnc(S/C(=C/c3ccccc3OC)C(=O)[O-])o2)c1. The van der Waals surface area contributed by atoms with E-state index in [1.54, 1.807) is 42.5 Å². The fraction of sp³-hybridized carbons (Fsp3) is 0.150. The molecular weight excluding hydrogens is 396 g/mol. The van der Waals surface area contributed by atoms with Gasteiger partial charge in [0.1, 0.15) is 17.2 Å². The molecule has 0 unspecified atom stereocenters. The van der Waals surface area contributed by atoms with Crippen LogP contribution in [-0.4, -0.2) is 37.5 Å². The second-order valence-electron chi connectivity index (χ2n) is 5.61. The van der Waals surface area contributed by atoms with Crippen LogP contribution in [0.1, 0.15) is 5.56 Å². The second-order valence-corrected chi connectivity index (χ2v) is 6.61. The molecule has 0 saturated carbocycles. The van der Waals surface area contributed by atoms with Crippen LogP contribution in [0.3, 0.4) is 0 Å². The zero-order valence-corrected chi connectivity index (χ0v) is 16.7. The summed E-state index contributed by atoms with van der Waals surface area (Å²) in [6.07, 6.45) is 1.43. The van der Waals surface area contributed by atoms with Crippen molar-refractivity contribution in [3.8, 4) is 28.7 Å². The van der Waals surface area contributed by atoms with Crippen LogP contribution >= 0.6 is 11.8 Å². The standard InChI is InChI=1S/C20H18N2O6S/c1-25-14-8-13(9-15(11-14)26-2)18-21-22-20(28-18)29-17(19(23)24)10-12-6-4-5-7-16(12)27-3/h4-11H,1-3H3,(H,23,24)/p-1/b17-10+. The number of rotatable bonds is 8. The number of carbonyl (C=O) groups is 1. The molecule has 0 radical (unpaired) electrons. The molecule has 9 heteroatoms. The molecule has 0 atom stereocenters. The number of thioether (sulfide) groups is 1. The second kappa shape index (κ2) is 9.16. The molecule has 0 aliphatic carbocycles. The van der Waals surface area contributed by atoms with Gasteiger partial charge in [0.25, 0.3) is 5.22 Å². The van der Waals surface area contributed by atoms with Gasteiger partial charge in [-0.2, -0.15) is 0 Å². The first-order valence-corrected chi connectivity index (χ1v) is 9.16. The maximum atomic E-state index is 11.6. The summed E-state index contributed by atoms with van der Waals surface area (Å²) in [6, 6.07) is 12.1. The van der Waals surface area contributed by atoms with Crippen molar-refractivity contribution in [2.24, 2.45) is 0 Å². The smallest absolute Gasteiger partial charge is 0.281 e. The molecule has 29 heavy (non-hydrogen) atoms. The molecule has 8 nitrogen and oxygen atoms in total. The Morgan fingerprint density at radius 2 is 1.72 bits per heavy atom. The van der Waals surface area contributed by atoms with E-state index in [-0.39, 0.29) is 16.0 Å². The number of aliphatic carboxylic acids is 1. The number of carboxylic acids is 1. The maximum Gasteiger partial charge on any atom is 0.281 e. The van der Waals surface area contributed by atoms with Crippen molar-refractivity contribution in [1.29, 1.82) is 0 Å². The van der Waals surface area contributed by atoms with Crippen molar-refractivity contribution in [2.45, 2.75) is 5.22 Å². The van der Waals surface area contributed by atoms with E-state index in [4.69, 9.17) is 18.6 Å². The summed E-state index contributed by atoms with van der Waals surface area (Å²) in [4.78, 5) is 11.5. The quantitative estimate of drug-likeness (QED) is 0.407. The Morgan fingerprint density at radius 3 is 2.34 bits per heavy atom. The maximum absolute atomic E-state index is 11.6. The van der Waals surface area contributed by atoms with Gasteiger partial charge in [-0.25, -0.2) is 0 Å². The van der Waals surface area contributed by atoms with E-state index in [0.717, 1.165) is 11.8 Å². The normalized spacial score (nSPS) is 11.2. The average molecular weight is 413 g/mol. The van der Waals surface area contributed by atoms with Gasteiger partial charge in [-0.1, -0.05) is 18.2 Å². The lowest BCUT2D eigenvalue weighted by Crippen LogP contribution is -2.23. The van der Waals surface area contributed by atoms with Crippen LogP contribution in [0, 0.1) is 0 Å². The summed E-state index contributed by atoms with van der Waals surface area (Å²) < 4.78 is 21.3. The third-order valence-corrected chi connectivity index (χ3v) is 4.67. The molecule has 0 saturated heterocycles. The van der Waals surface area contributed by atoms with Crippen molar-refractivity contribution in [1.82, 2.24) is 10.2 Å². The molecule has 2 aromatic carbocycles. The highest BCUT2D eigenvalue weighted by atomic mass is 32.2. The minimum Gasteiger partial charge on any atom is -0.544 e. The number of carbonyl (C=O) groups excluding carboxylic acids is 1. The highest BCUT2D eigenvalue weighted by Gasteiger charge is 2.15. The van der Waals surface area contributed by atoms with Gasteiger partial charge in [-0.15, -0.1) is 10.2 Å². The average Bonchev–Trinajstić information content (AvgIpc) is 3.21. The summed E-state index contributed by atoms with van der Waals surface area (Å²) in [6.45, 7) is 0. The van der Waals surface area contributed by atoms with Gasteiger partial charge >= 0.3 is 0 Å². The molecule has 3 aromatic rings. The number of aromatic nitrogens is 2. The Balaban J connectivity index is 1.90. The Labute approximate surface area is 171 Å². The predicted octanol–water partition coefficient (Wildman–Crippen LogP) is 2.65. The van der Waals surface area contributed by atoms with E-state index >= 15 is 0 Å². The zero-order valence-electron chi connectivity index (χ0n) is 15.9. The molecule has 0 bridgehead atoms. The number of carboxylic acid groups (broad SMARTS) is 1. The van der Waals surface area contributed by atoms with Gasteiger partial charge in [0, 0.05) is 22.1 Å². The number of benzene rings is 2. The molecule has 0 amide bonds. The third kappa shape index (κ3) is 4.88. The van der Waals surface area contributed by atoms with Crippen LogP contribution in [0.5, 0.6) is 17.2 Å². The van der Waals surface area contributed by atoms with E-state index in [1.807, 2.05) is 0 Å². The summed E-state index contributed by atoms with van der Waals surface area (Å²) in [5.74, 6) is 0.460. The molecule has 0 spiro atoms. The monoisotopic (exact) mass is 413 g/mol. The van der Waals surface area contributed by atoms with Crippen LogP contribution in [0.4, 0.5) is 0 Å². The summed E-state index contributed by atoms with van der Waals surface area (Å²) >= 11 is 0.787. The Bertz CT molecular complexity index is 1020. The number of para-hydroxylation sites is 1. The highest BCUT2D eigenvalue weighted by Crippen LogP contribution is 2.33. The van der Waals surface area contributed by atoms with Crippen LogP contribution < -0.4 is 19.3 Å². The lowest BCUT2D eigenvalue weighted by atomic mass is 10.2. The third-order valence-electron chi connectivity index (χ3n) is 3.83. The minimum absolute atomic E-state index is 0.0483. The first-order valence-electron chi connectivity index (χ1n) is 8.35. The molecule has 0 aliphatic heterocycles. The highest BCUT2D eigenvalue weighted by molar-refractivity contribution is 8.03. The van der Waals surface area contributed by atoms with Crippen LogP contribution in [0.15, 0.2) is 57.0 Å². The van der Waals surface area contributed by atoms with E-state index < -0.39 is 5.97 Å².